The van der Waals surface area contributed by atoms with Crippen LogP contribution in [0.4, 0.5) is 5.82 Å². The zero-order valence-corrected chi connectivity index (χ0v) is 10.4. The Hall–Kier alpha value is -0.970. The highest BCUT2D eigenvalue weighted by Crippen LogP contribution is 2.19. The number of nitrogens with one attached hydrogen (secondary N) is 1. The maximum Gasteiger partial charge on any atom is 0.219 e. The van der Waals surface area contributed by atoms with Gasteiger partial charge in [0.15, 0.2) is 5.16 Å². The molecular weight excluding hydrogens is 210 g/mol. The summed E-state index contributed by atoms with van der Waals surface area (Å²) in [5, 5.41) is 3.71. The molecule has 15 heavy (non-hydrogen) atoms. The van der Waals surface area contributed by atoms with E-state index in [0.29, 0.717) is 5.88 Å². The summed E-state index contributed by atoms with van der Waals surface area (Å²) >= 11 is 1.50. The molecule has 0 amide bonds. The minimum Gasteiger partial charge on any atom is -0.475 e. The number of nitrogens with zero attached hydrogens (tertiary/aromatic N) is 2. The topological polar surface area (TPSA) is 47.0 Å². The second-order valence-electron chi connectivity index (χ2n) is 3.16. The Balaban J connectivity index is 2.86. The van der Waals surface area contributed by atoms with Gasteiger partial charge in [0, 0.05) is 13.1 Å². The molecule has 1 atom stereocenters. The van der Waals surface area contributed by atoms with E-state index in [2.05, 4.69) is 22.2 Å². The molecule has 1 aromatic heterocycles. The molecule has 5 heteroatoms. The smallest absolute Gasteiger partial charge is 0.219 e. The van der Waals surface area contributed by atoms with Crippen LogP contribution in [0.5, 0.6) is 5.88 Å². The van der Waals surface area contributed by atoms with Gasteiger partial charge >= 0.3 is 0 Å². The van der Waals surface area contributed by atoms with Gasteiger partial charge in [0.05, 0.1) is 6.10 Å². The quantitative estimate of drug-likeness (QED) is 0.618. The summed E-state index contributed by atoms with van der Waals surface area (Å²) in [7, 11) is 1.83. The highest BCUT2D eigenvalue weighted by molar-refractivity contribution is 7.98. The number of anilines is 1. The first-order chi connectivity index (χ1) is 7.19. The van der Waals surface area contributed by atoms with Crippen molar-refractivity contribution in [3.63, 3.8) is 0 Å². The van der Waals surface area contributed by atoms with Gasteiger partial charge in [0.2, 0.25) is 5.88 Å². The molecular formula is C10H17N3OS. The third kappa shape index (κ3) is 3.58. The molecule has 0 spiro atoms. The Morgan fingerprint density at radius 3 is 2.80 bits per heavy atom. The number of ether oxygens (including phenoxy) is 1. The predicted octanol–water partition coefficient (Wildman–Crippen LogP) is 2.42. The van der Waals surface area contributed by atoms with Crippen LogP contribution in [-0.2, 0) is 0 Å². The van der Waals surface area contributed by atoms with E-state index >= 15 is 0 Å². The highest BCUT2D eigenvalue weighted by atomic mass is 32.2. The summed E-state index contributed by atoms with van der Waals surface area (Å²) in [5.41, 5.74) is 0. The molecule has 1 heterocycles. The first-order valence-electron chi connectivity index (χ1n) is 4.97. The van der Waals surface area contributed by atoms with Gasteiger partial charge in [-0.1, -0.05) is 18.7 Å². The van der Waals surface area contributed by atoms with E-state index in [1.165, 1.54) is 11.8 Å². The molecule has 1 rings (SSSR count). The molecule has 0 aromatic carbocycles. The van der Waals surface area contributed by atoms with Crippen LogP contribution in [0.2, 0.25) is 0 Å². The summed E-state index contributed by atoms with van der Waals surface area (Å²) in [6.07, 6.45) is 3.09. The molecule has 0 aliphatic heterocycles. The molecule has 1 unspecified atom stereocenters. The first kappa shape index (κ1) is 12.1. The summed E-state index contributed by atoms with van der Waals surface area (Å²) in [6.45, 7) is 4.11. The summed E-state index contributed by atoms with van der Waals surface area (Å²) in [5.74, 6) is 1.42. The van der Waals surface area contributed by atoms with Crippen LogP contribution < -0.4 is 10.1 Å². The van der Waals surface area contributed by atoms with Crippen molar-refractivity contribution < 1.29 is 4.74 Å². The molecule has 1 aromatic rings. The third-order valence-corrected chi connectivity index (χ3v) is 2.57. The first-order valence-corrected chi connectivity index (χ1v) is 6.19. The van der Waals surface area contributed by atoms with Crippen molar-refractivity contribution in [1.29, 1.82) is 0 Å². The molecule has 1 N–H and O–H groups in total. The van der Waals surface area contributed by atoms with E-state index in [1.54, 1.807) is 0 Å². The summed E-state index contributed by atoms with van der Waals surface area (Å²) < 4.78 is 5.64. The fourth-order valence-corrected chi connectivity index (χ4v) is 1.34. The Labute approximate surface area is 94.8 Å². The van der Waals surface area contributed by atoms with E-state index in [9.17, 15) is 0 Å². The largest absolute Gasteiger partial charge is 0.475 e. The third-order valence-electron chi connectivity index (χ3n) is 2.02. The normalized spacial score (nSPS) is 12.3. The number of rotatable bonds is 5. The lowest BCUT2D eigenvalue weighted by Crippen LogP contribution is -2.11. The SMILES string of the molecule is CCC(C)Oc1cc(NC)nc(SC)n1. The van der Waals surface area contributed by atoms with Gasteiger partial charge in [-0.25, -0.2) is 4.98 Å². The van der Waals surface area contributed by atoms with Gasteiger partial charge in [0.25, 0.3) is 0 Å². The van der Waals surface area contributed by atoms with E-state index in [1.807, 2.05) is 26.3 Å². The number of thioether (sulfide) groups is 1. The van der Waals surface area contributed by atoms with Gasteiger partial charge in [-0.05, 0) is 19.6 Å². The van der Waals surface area contributed by atoms with Crippen molar-refractivity contribution in [3.8, 4) is 5.88 Å². The lowest BCUT2D eigenvalue weighted by Gasteiger charge is -2.12. The van der Waals surface area contributed by atoms with Crippen molar-refractivity contribution in [2.24, 2.45) is 0 Å². The maximum absolute atomic E-state index is 5.64. The molecule has 0 aliphatic rings. The number of hydrogen-bond donors (Lipinski definition) is 1. The van der Waals surface area contributed by atoms with Crippen LogP contribution in [0.3, 0.4) is 0 Å². The van der Waals surface area contributed by atoms with Crippen LogP contribution in [-0.4, -0.2) is 29.4 Å². The highest BCUT2D eigenvalue weighted by Gasteiger charge is 2.06. The van der Waals surface area contributed by atoms with Crippen molar-refractivity contribution in [1.82, 2.24) is 9.97 Å². The predicted molar refractivity (Wildman–Crippen MR) is 63.7 cm³/mol. The monoisotopic (exact) mass is 227 g/mol. The zero-order valence-electron chi connectivity index (χ0n) is 9.57. The van der Waals surface area contributed by atoms with Crippen molar-refractivity contribution in [2.75, 3.05) is 18.6 Å². The lowest BCUT2D eigenvalue weighted by atomic mass is 10.3. The molecule has 0 bridgehead atoms. The maximum atomic E-state index is 5.64. The Kier molecular flexibility index (Phi) is 4.68. The van der Waals surface area contributed by atoms with E-state index < -0.39 is 0 Å². The van der Waals surface area contributed by atoms with E-state index in [0.717, 1.165) is 17.4 Å². The fourth-order valence-electron chi connectivity index (χ4n) is 0.973. The average molecular weight is 227 g/mol. The van der Waals surface area contributed by atoms with Gasteiger partial charge in [0.1, 0.15) is 5.82 Å². The second kappa shape index (κ2) is 5.80. The summed E-state index contributed by atoms with van der Waals surface area (Å²) in [6, 6.07) is 1.81. The van der Waals surface area contributed by atoms with Crippen molar-refractivity contribution >= 4 is 17.6 Å². The van der Waals surface area contributed by atoms with E-state index in [-0.39, 0.29) is 6.10 Å². The molecule has 0 aliphatic carbocycles. The minimum atomic E-state index is 0.180. The van der Waals surface area contributed by atoms with E-state index in [4.69, 9.17) is 4.74 Å². The van der Waals surface area contributed by atoms with Gasteiger partial charge in [-0.15, -0.1) is 0 Å². The molecule has 4 nitrogen and oxygen atoms in total. The van der Waals surface area contributed by atoms with Crippen molar-refractivity contribution in [3.05, 3.63) is 6.07 Å². The number of hydrogen-bond acceptors (Lipinski definition) is 5. The minimum absolute atomic E-state index is 0.180. The average Bonchev–Trinajstić information content (AvgIpc) is 2.28. The van der Waals surface area contributed by atoms with Gasteiger partial charge in [-0.2, -0.15) is 4.98 Å². The van der Waals surface area contributed by atoms with Crippen molar-refractivity contribution in [2.45, 2.75) is 31.5 Å². The van der Waals surface area contributed by atoms with Crippen LogP contribution in [0.1, 0.15) is 20.3 Å². The van der Waals surface area contributed by atoms with Crippen LogP contribution in [0.25, 0.3) is 0 Å². The Bertz CT molecular complexity index is 297. The molecule has 0 saturated carbocycles. The fraction of sp³-hybridized carbons (Fsp3) is 0.600. The molecule has 0 saturated heterocycles. The molecule has 0 fully saturated rings. The van der Waals surface area contributed by atoms with Crippen LogP contribution in [0.15, 0.2) is 11.2 Å². The van der Waals surface area contributed by atoms with Gasteiger partial charge in [-0.3, -0.25) is 0 Å². The molecule has 84 valence electrons. The molecule has 0 radical (unpaired) electrons. The number of aromatic nitrogens is 2. The summed E-state index contributed by atoms with van der Waals surface area (Å²) in [4.78, 5) is 8.54. The van der Waals surface area contributed by atoms with Crippen LogP contribution in [0, 0.1) is 0 Å². The standard InChI is InChI=1S/C10H17N3OS/c1-5-7(2)14-9-6-8(11-3)12-10(13-9)15-4/h6-7H,5H2,1-4H3,(H,11,12,13). The van der Waals surface area contributed by atoms with Gasteiger partial charge < -0.3 is 10.1 Å². The lowest BCUT2D eigenvalue weighted by molar-refractivity contribution is 0.207. The zero-order chi connectivity index (χ0) is 11.3. The Morgan fingerprint density at radius 1 is 1.53 bits per heavy atom. The second-order valence-corrected chi connectivity index (χ2v) is 3.94. The Morgan fingerprint density at radius 2 is 2.27 bits per heavy atom. The van der Waals surface area contributed by atoms with Crippen LogP contribution >= 0.6 is 11.8 Å².